The average molecular weight is 337 g/mol. The van der Waals surface area contributed by atoms with Gasteiger partial charge in [-0.25, -0.2) is 9.07 Å². The summed E-state index contributed by atoms with van der Waals surface area (Å²) < 4.78 is 15.4. The zero-order valence-electron chi connectivity index (χ0n) is 12.8. The Morgan fingerprint density at radius 3 is 2.96 bits per heavy atom. The smallest absolute Gasteiger partial charge is 0.272 e. The van der Waals surface area contributed by atoms with E-state index in [1.807, 2.05) is 7.05 Å². The number of fused-ring (bicyclic) bond motifs is 1. The highest BCUT2D eigenvalue weighted by Crippen LogP contribution is 2.28. The van der Waals surface area contributed by atoms with E-state index in [1.165, 1.54) is 12.1 Å². The molecule has 2 aromatic rings. The number of benzene rings is 1. The third kappa shape index (κ3) is 3.09. The van der Waals surface area contributed by atoms with Crippen LogP contribution in [0.15, 0.2) is 18.2 Å². The molecule has 3 rings (SSSR count). The molecule has 0 saturated carbocycles. The molecule has 0 saturated heterocycles. The van der Waals surface area contributed by atoms with Crippen molar-refractivity contribution >= 4 is 17.5 Å². The fourth-order valence-corrected chi connectivity index (χ4v) is 2.95. The van der Waals surface area contributed by atoms with E-state index in [0.717, 1.165) is 30.5 Å². The minimum atomic E-state index is -0.494. The van der Waals surface area contributed by atoms with Crippen molar-refractivity contribution in [1.82, 2.24) is 20.4 Å². The van der Waals surface area contributed by atoms with Crippen LogP contribution >= 0.6 is 11.6 Å². The second-order valence-corrected chi connectivity index (χ2v) is 5.90. The van der Waals surface area contributed by atoms with Crippen molar-refractivity contribution in [1.29, 1.82) is 0 Å². The molecule has 1 aliphatic rings. The highest BCUT2D eigenvalue weighted by atomic mass is 35.5. The highest BCUT2D eigenvalue weighted by Gasteiger charge is 2.26. The first-order chi connectivity index (χ1) is 11.1. The number of likely N-dealkylation sites (N-methyl/N-ethyl adjacent to an activating group) is 1. The lowest BCUT2D eigenvalue weighted by molar-refractivity contribution is 0.0948. The molecule has 1 aromatic heterocycles. The molecule has 5 nitrogen and oxygen atoms in total. The molecule has 122 valence electrons. The van der Waals surface area contributed by atoms with Gasteiger partial charge in [0, 0.05) is 30.4 Å². The quantitative estimate of drug-likeness (QED) is 0.822. The van der Waals surface area contributed by atoms with Crippen LogP contribution in [-0.4, -0.2) is 35.8 Å². The van der Waals surface area contributed by atoms with Crippen molar-refractivity contribution in [3.8, 4) is 5.69 Å². The van der Waals surface area contributed by atoms with E-state index >= 15 is 0 Å². The van der Waals surface area contributed by atoms with E-state index in [-0.39, 0.29) is 10.9 Å². The van der Waals surface area contributed by atoms with Gasteiger partial charge in [-0.1, -0.05) is 11.6 Å². The Bertz CT molecular complexity index is 744. The van der Waals surface area contributed by atoms with E-state index in [4.69, 9.17) is 11.6 Å². The molecule has 7 heteroatoms. The van der Waals surface area contributed by atoms with E-state index in [2.05, 4.69) is 15.7 Å². The summed E-state index contributed by atoms with van der Waals surface area (Å²) in [6, 6.07) is 4.55. The molecule has 0 bridgehead atoms. The molecule has 0 aliphatic heterocycles. The molecule has 0 radical (unpaired) electrons. The molecule has 0 unspecified atom stereocenters. The Balaban J connectivity index is 1.95. The third-order valence-corrected chi connectivity index (χ3v) is 4.26. The van der Waals surface area contributed by atoms with Crippen LogP contribution in [0.25, 0.3) is 5.69 Å². The number of nitrogens with one attached hydrogen (secondary N) is 2. The first-order valence-corrected chi connectivity index (χ1v) is 7.98. The summed E-state index contributed by atoms with van der Waals surface area (Å²) in [6.07, 6.45) is 2.62. The summed E-state index contributed by atoms with van der Waals surface area (Å²) in [7, 11) is 1.83. The third-order valence-electron chi connectivity index (χ3n) is 3.95. The number of carbonyl (C=O) groups is 1. The van der Waals surface area contributed by atoms with E-state index in [0.29, 0.717) is 24.5 Å². The summed E-state index contributed by atoms with van der Waals surface area (Å²) in [6.45, 7) is 1.23. The zero-order valence-corrected chi connectivity index (χ0v) is 13.6. The van der Waals surface area contributed by atoms with E-state index in [9.17, 15) is 9.18 Å². The number of hydrogen-bond donors (Lipinski definition) is 2. The number of carbonyl (C=O) groups excluding carboxylic acids is 1. The molecule has 1 heterocycles. The van der Waals surface area contributed by atoms with Gasteiger partial charge in [0.25, 0.3) is 5.91 Å². The number of rotatable bonds is 5. The van der Waals surface area contributed by atoms with E-state index < -0.39 is 5.82 Å². The predicted octanol–water partition coefficient (Wildman–Crippen LogP) is 2.10. The summed E-state index contributed by atoms with van der Waals surface area (Å²) in [5.74, 6) is -0.682. The Hall–Kier alpha value is -1.92. The van der Waals surface area contributed by atoms with Crippen LogP contribution in [0.5, 0.6) is 0 Å². The van der Waals surface area contributed by atoms with Crippen molar-refractivity contribution in [2.24, 2.45) is 0 Å². The van der Waals surface area contributed by atoms with E-state index in [1.54, 1.807) is 10.7 Å². The van der Waals surface area contributed by atoms with Gasteiger partial charge in [0.15, 0.2) is 5.69 Å². The zero-order chi connectivity index (χ0) is 16.4. The predicted molar refractivity (Wildman–Crippen MR) is 86.8 cm³/mol. The van der Waals surface area contributed by atoms with Crippen LogP contribution in [0.1, 0.15) is 28.2 Å². The van der Waals surface area contributed by atoms with Gasteiger partial charge in [0.1, 0.15) is 5.82 Å². The summed E-state index contributed by atoms with van der Waals surface area (Å²) in [5.41, 5.74) is 2.95. The molecule has 0 atom stereocenters. The normalized spacial score (nSPS) is 13.2. The summed E-state index contributed by atoms with van der Waals surface area (Å²) in [4.78, 5) is 12.3. The molecular weight excluding hydrogens is 319 g/mol. The first-order valence-electron chi connectivity index (χ1n) is 7.61. The van der Waals surface area contributed by atoms with Gasteiger partial charge in [-0.15, -0.1) is 0 Å². The van der Waals surface area contributed by atoms with Crippen molar-refractivity contribution in [2.45, 2.75) is 19.3 Å². The van der Waals surface area contributed by atoms with Crippen LogP contribution < -0.4 is 10.6 Å². The van der Waals surface area contributed by atoms with Gasteiger partial charge < -0.3 is 10.6 Å². The summed E-state index contributed by atoms with van der Waals surface area (Å²) in [5, 5.41) is 10.3. The Kier molecular flexibility index (Phi) is 4.63. The second-order valence-electron chi connectivity index (χ2n) is 5.50. The minimum absolute atomic E-state index is 0.0718. The first kappa shape index (κ1) is 16.0. The molecule has 0 spiro atoms. The fraction of sp³-hybridized carbons (Fsp3) is 0.375. The molecule has 2 N–H and O–H groups in total. The van der Waals surface area contributed by atoms with Gasteiger partial charge >= 0.3 is 0 Å². The van der Waals surface area contributed by atoms with Crippen LogP contribution in [0.3, 0.4) is 0 Å². The van der Waals surface area contributed by atoms with Gasteiger partial charge in [-0.3, -0.25) is 4.79 Å². The Morgan fingerprint density at radius 1 is 1.39 bits per heavy atom. The van der Waals surface area contributed by atoms with Crippen LogP contribution in [0.4, 0.5) is 4.39 Å². The maximum atomic E-state index is 13.7. The van der Waals surface area contributed by atoms with Crippen molar-refractivity contribution in [3.05, 3.63) is 46.0 Å². The molecule has 23 heavy (non-hydrogen) atoms. The summed E-state index contributed by atoms with van der Waals surface area (Å²) >= 11 is 5.74. The second kappa shape index (κ2) is 6.68. The van der Waals surface area contributed by atoms with Crippen LogP contribution in [0, 0.1) is 5.82 Å². The van der Waals surface area contributed by atoms with Gasteiger partial charge in [0.05, 0.1) is 10.7 Å². The Morgan fingerprint density at radius 2 is 2.22 bits per heavy atom. The lowest BCUT2D eigenvalue weighted by atomic mass is 10.2. The number of amides is 1. The van der Waals surface area contributed by atoms with Gasteiger partial charge in [-0.2, -0.15) is 5.10 Å². The monoisotopic (exact) mass is 336 g/mol. The van der Waals surface area contributed by atoms with Crippen molar-refractivity contribution < 1.29 is 9.18 Å². The topological polar surface area (TPSA) is 58.9 Å². The number of halogens is 2. The highest BCUT2D eigenvalue weighted by molar-refractivity contribution is 6.30. The molecular formula is C16H18ClFN4O. The average Bonchev–Trinajstić information content (AvgIpc) is 3.12. The SMILES string of the molecule is CNCCNC(=O)c1nn(-c2ccc(Cl)c(F)c2)c2c1CCC2. The van der Waals surface area contributed by atoms with Crippen LogP contribution in [0.2, 0.25) is 5.02 Å². The van der Waals surface area contributed by atoms with Gasteiger partial charge in [0.2, 0.25) is 0 Å². The largest absolute Gasteiger partial charge is 0.349 e. The lowest BCUT2D eigenvalue weighted by Crippen LogP contribution is -2.31. The molecule has 1 aliphatic carbocycles. The lowest BCUT2D eigenvalue weighted by Gasteiger charge is -2.06. The number of hydrogen-bond acceptors (Lipinski definition) is 3. The maximum Gasteiger partial charge on any atom is 0.272 e. The molecule has 1 amide bonds. The molecule has 1 aromatic carbocycles. The fourth-order valence-electron chi connectivity index (χ4n) is 2.83. The number of nitrogens with zero attached hydrogens (tertiary/aromatic N) is 2. The van der Waals surface area contributed by atoms with Gasteiger partial charge in [-0.05, 0) is 38.4 Å². The van der Waals surface area contributed by atoms with Crippen LogP contribution in [-0.2, 0) is 12.8 Å². The van der Waals surface area contributed by atoms with Crippen molar-refractivity contribution in [2.75, 3.05) is 20.1 Å². The maximum absolute atomic E-state index is 13.7. The molecule has 0 fully saturated rings. The Labute approximate surface area is 138 Å². The standard InChI is InChI=1S/C16H18ClFN4O/c1-19-7-8-20-16(23)15-11-3-2-4-14(11)22(21-15)10-5-6-12(17)13(18)9-10/h5-6,9,19H,2-4,7-8H2,1H3,(H,20,23). The minimum Gasteiger partial charge on any atom is -0.349 e. The van der Waals surface area contributed by atoms with Crippen molar-refractivity contribution in [3.63, 3.8) is 0 Å². The number of aromatic nitrogens is 2.